The summed E-state index contributed by atoms with van der Waals surface area (Å²) in [5.74, 6) is -0.932. The van der Waals surface area contributed by atoms with Crippen molar-refractivity contribution in [1.82, 2.24) is 0 Å². The van der Waals surface area contributed by atoms with Crippen molar-refractivity contribution in [2.24, 2.45) is 0 Å². The van der Waals surface area contributed by atoms with Crippen LogP contribution in [0.15, 0.2) is 0 Å². The molecule has 0 unspecified atom stereocenters. The van der Waals surface area contributed by atoms with Gasteiger partial charge in [0.25, 0.3) is 0 Å². The number of carbonyl (C=O) groups excluding carboxylic acids is 1. The van der Waals surface area contributed by atoms with E-state index in [0.29, 0.717) is 0 Å². The molecule has 0 heterocycles. The number of carbonyl (C=O) groups is 1. The summed E-state index contributed by atoms with van der Waals surface area (Å²) in [6.45, 7) is 11.7. The van der Waals surface area contributed by atoms with Crippen LogP contribution in [0, 0.1) is 0 Å². The van der Waals surface area contributed by atoms with E-state index in [1.54, 1.807) is 41.5 Å². The van der Waals surface area contributed by atoms with E-state index in [1.807, 2.05) is 6.92 Å². The third-order valence-electron chi connectivity index (χ3n) is 0.984. The Kier molecular flexibility index (Phi) is 44.2. The molecule has 0 N–H and O–H groups in total. The Morgan fingerprint density at radius 3 is 1.19 bits per heavy atom. The summed E-state index contributed by atoms with van der Waals surface area (Å²) in [5.41, 5.74) is 0. The average molecular weight is 340 g/mol. The van der Waals surface area contributed by atoms with Crippen LogP contribution in [-0.2, 0) is 26.5 Å². The van der Waals surface area contributed by atoms with E-state index >= 15 is 0 Å². The maximum absolute atomic E-state index is 9.76. The summed E-state index contributed by atoms with van der Waals surface area (Å²) >= 11 is 0. The van der Waals surface area contributed by atoms with Gasteiger partial charge in [0.05, 0.1) is 0 Å². The van der Waals surface area contributed by atoms with E-state index in [-0.39, 0.29) is 28.1 Å². The van der Waals surface area contributed by atoms with Crippen molar-refractivity contribution in [3.05, 3.63) is 0 Å². The molecule has 0 bridgehead atoms. The molecule has 0 aliphatic heterocycles. The molecule has 5 nitrogen and oxygen atoms in total. The predicted octanol–water partition coefficient (Wildman–Crippen LogP) is -0.421. The van der Waals surface area contributed by atoms with Crippen molar-refractivity contribution in [1.29, 1.82) is 0 Å². The standard InChI is InChI=1S/C6H12O2.3C3H7O.Ti/c1-2-3-4-5-6(7)8;3*1-3(2)4;/h2-5H2,1H3,(H,7,8);3*3H,1-2H3;/q;3*-1;+4/p-1. The summed E-state index contributed by atoms with van der Waals surface area (Å²) in [6.07, 6.45) is 1.79. The van der Waals surface area contributed by atoms with Crippen molar-refractivity contribution in [3.63, 3.8) is 0 Å². The molecule has 126 valence electrons. The maximum atomic E-state index is 9.76. The molecule has 21 heavy (non-hydrogen) atoms. The molecule has 0 saturated heterocycles. The van der Waals surface area contributed by atoms with Gasteiger partial charge in [-0.15, -0.1) is 18.3 Å². The molecule has 0 aliphatic carbocycles. The first-order valence-corrected chi connectivity index (χ1v) is 7.14. The van der Waals surface area contributed by atoms with Crippen LogP contribution in [0.2, 0.25) is 0 Å². The minimum atomic E-state index is -0.932. The smallest absolute Gasteiger partial charge is 0.852 e. The Morgan fingerprint density at radius 1 is 0.810 bits per heavy atom. The van der Waals surface area contributed by atoms with Crippen LogP contribution in [0.5, 0.6) is 0 Å². The Bertz CT molecular complexity index is 151. The Hall–Kier alpha value is 0.0643. The van der Waals surface area contributed by atoms with Gasteiger partial charge in [-0.1, -0.05) is 61.3 Å². The Balaban J connectivity index is -0.0000000570. The number of aliphatic carboxylic acids is 1. The zero-order chi connectivity index (χ0) is 17.1. The predicted molar refractivity (Wildman–Crippen MR) is 74.6 cm³/mol. The van der Waals surface area contributed by atoms with Gasteiger partial charge in [-0.05, 0) is 12.8 Å². The summed E-state index contributed by atoms with van der Waals surface area (Å²) in [6, 6.07) is 0. The van der Waals surface area contributed by atoms with E-state index in [9.17, 15) is 25.2 Å². The molecule has 0 aromatic carbocycles. The first-order chi connectivity index (χ1) is 8.97. The topological polar surface area (TPSA) is 109 Å². The van der Waals surface area contributed by atoms with Crippen molar-refractivity contribution in [3.8, 4) is 0 Å². The number of unbranched alkanes of at least 4 members (excludes halogenated alkanes) is 2. The normalized spacial score (nSPS) is 8.62. The molecule has 0 spiro atoms. The second-order valence-electron chi connectivity index (χ2n) is 4.98. The van der Waals surface area contributed by atoms with Crippen LogP contribution in [0.3, 0.4) is 0 Å². The molecule has 0 saturated carbocycles. The van der Waals surface area contributed by atoms with Gasteiger partial charge < -0.3 is 25.2 Å². The van der Waals surface area contributed by atoms with Crippen LogP contribution in [0.1, 0.15) is 74.1 Å². The van der Waals surface area contributed by atoms with E-state index in [4.69, 9.17) is 0 Å². The zero-order valence-electron chi connectivity index (χ0n) is 14.6. The van der Waals surface area contributed by atoms with Gasteiger partial charge in [-0.3, -0.25) is 0 Å². The van der Waals surface area contributed by atoms with Crippen molar-refractivity contribution in [2.75, 3.05) is 0 Å². The van der Waals surface area contributed by atoms with Crippen LogP contribution in [0.4, 0.5) is 0 Å². The van der Waals surface area contributed by atoms with E-state index in [1.165, 1.54) is 0 Å². The van der Waals surface area contributed by atoms with Crippen molar-refractivity contribution < 1.29 is 46.9 Å². The van der Waals surface area contributed by atoms with Crippen LogP contribution < -0.4 is 20.4 Å². The van der Waals surface area contributed by atoms with Crippen molar-refractivity contribution in [2.45, 2.75) is 92.5 Å². The summed E-state index contributed by atoms with van der Waals surface area (Å²) in [4.78, 5) is 9.76. The van der Waals surface area contributed by atoms with Crippen LogP contribution >= 0.6 is 0 Å². The molecular formula is C15H32O5Ti. The fraction of sp³-hybridized carbons (Fsp3) is 0.933. The molecule has 0 atom stereocenters. The Labute approximate surface area is 145 Å². The number of rotatable bonds is 4. The van der Waals surface area contributed by atoms with Crippen LogP contribution in [0.25, 0.3) is 0 Å². The van der Waals surface area contributed by atoms with Crippen molar-refractivity contribution >= 4 is 5.97 Å². The van der Waals surface area contributed by atoms with Gasteiger partial charge >= 0.3 is 21.7 Å². The SMILES string of the molecule is CC(C)[O-].CC(C)[O-].CC(C)[O-].CCCCCC(=O)[O-].[Ti+4]. The molecule has 6 heteroatoms. The minimum absolute atomic E-state index is 0. The van der Waals surface area contributed by atoms with E-state index in [2.05, 4.69) is 0 Å². The molecule has 0 aromatic heterocycles. The molecule has 0 radical (unpaired) electrons. The van der Waals surface area contributed by atoms with Crippen LogP contribution in [-0.4, -0.2) is 24.3 Å². The van der Waals surface area contributed by atoms with Gasteiger partial charge in [-0.2, -0.15) is 0 Å². The summed E-state index contributed by atoms with van der Waals surface area (Å²) in [7, 11) is 0. The summed E-state index contributed by atoms with van der Waals surface area (Å²) in [5, 5.41) is 38.3. The molecular weight excluding hydrogens is 308 g/mol. The quantitative estimate of drug-likeness (QED) is 0.510. The largest absolute Gasteiger partial charge is 4.00 e. The average Bonchev–Trinajstić information content (AvgIpc) is 2.14. The van der Waals surface area contributed by atoms with E-state index in [0.717, 1.165) is 19.3 Å². The fourth-order valence-electron chi connectivity index (χ4n) is 0.519. The zero-order valence-corrected chi connectivity index (χ0v) is 16.2. The van der Waals surface area contributed by atoms with Gasteiger partial charge in [0.15, 0.2) is 0 Å². The first-order valence-electron chi connectivity index (χ1n) is 7.14. The van der Waals surface area contributed by atoms with E-state index < -0.39 is 24.3 Å². The Morgan fingerprint density at radius 2 is 1.05 bits per heavy atom. The molecule has 0 fully saturated rings. The number of carboxylic acids is 1. The molecule has 0 aliphatic rings. The van der Waals surface area contributed by atoms with Gasteiger partial charge in [0, 0.05) is 5.97 Å². The third kappa shape index (κ3) is 255. The number of hydrogen-bond donors (Lipinski definition) is 0. The first kappa shape index (κ1) is 32.9. The fourth-order valence-corrected chi connectivity index (χ4v) is 0.519. The molecule has 0 rings (SSSR count). The second-order valence-corrected chi connectivity index (χ2v) is 4.98. The molecule has 0 aromatic rings. The number of hydrogen-bond acceptors (Lipinski definition) is 5. The minimum Gasteiger partial charge on any atom is -0.852 e. The summed E-state index contributed by atoms with van der Waals surface area (Å²) < 4.78 is 0. The van der Waals surface area contributed by atoms with Gasteiger partial charge in [-0.25, -0.2) is 0 Å². The maximum Gasteiger partial charge on any atom is 4.00 e. The van der Waals surface area contributed by atoms with Gasteiger partial charge in [0.1, 0.15) is 0 Å². The number of carboxylic acid groups (broad SMARTS) is 1. The van der Waals surface area contributed by atoms with Gasteiger partial charge in [0.2, 0.25) is 0 Å². The monoisotopic (exact) mass is 340 g/mol. The molecule has 0 amide bonds. The second kappa shape index (κ2) is 28.3. The third-order valence-corrected chi connectivity index (χ3v) is 0.984.